The number of rotatable bonds is 4. The Kier molecular flexibility index (Phi) is 5.95. The highest BCUT2D eigenvalue weighted by molar-refractivity contribution is 7.17. The maximum Gasteiger partial charge on any atom is 0.265 e. The van der Waals surface area contributed by atoms with E-state index in [0.29, 0.717) is 18.0 Å². The zero-order valence-electron chi connectivity index (χ0n) is 17.2. The van der Waals surface area contributed by atoms with E-state index in [1.54, 1.807) is 4.90 Å². The number of piperidine rings is 1. The van der Waals surface area contributed by atoms with E-state index >= 15 is 0 Å². The number of nitrogens with zero attached hydrogens (tertiary/aromatic N) is 2. The molecule has 2 aromatic carbocycles. The van der Waals surface area contributed by atoms with Crippen LogP contribution >= 0.6 is 11.3 Å². The fraction of sp³-hybridized carbons (Fsp3) is 0.292. The Morgan fingerprint density at radius 2 is 1.80 bits per heavy atom. The van der Waals surface area contributed by atoms with Crippen LogP contribution in [0.25, 0.3) is 10.6 Å². The maximum absolute atomic E-state index is 13.2. The first kappa shape index (κ1) is 20.3. The standard InChI is InChI=1S/C24H25N3O2S/c1-16-10-12-20(13-11-16)26-22(28)19-9-6-14-27(15-19)24(29)21-17(2)25-23(30-21)18-7-4-3-5-8-18/h3-5,7-8,10-13,19H,6,9,14-15H2,1-2H3,(H,26,28). The molecule has 3 aromatic rings. The zero-order valence-corrected chi connectivity index (χ0v) is 18.0. The van der Waals surface area contributed by atoms with Crippen molar-refractivity contribution < 1.29 is 9.59 Å². The second-order valence-electron chi connectivity index (χ2n) is 7.75. The van der Waals surface area contributed by atoms with Gasteiger partial charge in [0.1, 0.15) is 9.88 Å². The third kappa shape index (κ3) is 4.44. The van der Waals surface area contributed by atoms with E-state index in [1.165, 1.54) is 11.3 Å². The Hall–Kier alpha value is -2.99. The van der Waals surface area contributed by atoms with E-state index in [9.17, 15) is 9.59 Å². The zero-order chi connectivity index (χ0) is 21.1. The Labute approximate surface area is 180 Å². The van der Waals surface area contributed by atoms with Crippen LogP contribution in [-0.4, -0.2) is 34.8 Å². The van der Waals surface area contributed by atoms with Gasteiger partial charge in [-0.15, -0.1) is 11.3 Å². The minimum Gasteiger partial charge on any atom is -0.337 e. The molecule has 0 radical (unpaired) electrons. The van der Waals surface area contributed by atoms with E-state index in [-0.39, 0.29) is 17.7 Å². The van der Waals surface area contributed by atoms with Crippen LogP contribution in [0.15, 0.2) is 54.6 Å². The highest BCUT2D eigenvalue weighted by atomic mass is 32.1. The molecule has 1 atom stereocenters. The van der Waals surface area contributed by atoms with Crippen molar-refractivity contribution in [3.63, 3.8) is 0 Å². The number of benzene rings is 2. The smallest absolute Gasteiger partial charge is 0.265 e. The van der Waals surface area contributed by atoms with E-state index in [4.69, 9.17) is 0 Å². The predicted octanol–water partition coefficient (Wildman–Crippen LogP) is 4.92. The van der Waals surface area contributed by atoms with E-state index in [2.05, 4.69) is 10.3 Å². The number of hydrogen-bond donors (Lipinski definition) is 1. The van der Waals surface area contributed by atoms with Crippen molar-refractivity contribution in [2.75, 3.05) is 18.4 Å². The quantitative estimate of drug-likeness (QED) is 0.653. The number of anilines is 1. The SMILES string of the molecule is Cc1ccc(NC(=O)C2CCCN(C(=O)c3sc(-c4ccccc4)nc3C)C2)cc1. The van der Waals surface area contributed by atoms with Crippen LogP contribution in [0, 0.1) is 19.8 Å². The predicted molar refractivity (Wildman–Crippen MR) is 121 cm³/mol. The Morgan fingerprint density at radius 1 is 1.07 bits per heavy atom. The summed E-state index contributed by atoms with van der Waals surface area (Å²) >= 11 is 1.43. The van der Waals surface area contributed by atoms with Gasteiger partial charge in [0.25, 0.3) is 5.91 Å². The summed E-state index contributed by atoms with van der Waals surface area (Å²) in [7, 11) is 0. The molecule has 4 rings (SSSR count). The van der Waals surface area contributed by atoms with Crippen molar-refractivity contribution >= 4 is 28.8 Å². The number of likely N-dealkylation sites (tertiary alicyclic amines) is 1. The molecule has 1 N–H and O–H groups in total. The van der Waals surface area contributed by atoms with E-state index < -0.39 is 0 Å². The molecule has 0 spiro atoms. The number of aromatic nitrogens is 1. The number of carbonyl (C=O) groups excluding carboxylic acids is 2. The van der Waals surface area contributed by atoms with Crippen LogP contribution in [-0.2, 0) is 4.79 Å². The summed E-state index contributed by atoms with van der Waals surface area (Å²) in [6.07, 6.45) is 1.61. The third-order valence-electron chi connectivity index (χ3n) is 5.41. The van der Waals surface area contributed by atoms with Gasteiger partial charge in [-0.3, -0.25) is 9.59 Å². The lowest BCUT2D eigenvalue weighted by molar-refractivity contribution is -0.121. The van der Waals surface area contributed by atoms with Gasteiger partial charge in [0.05, 0.1) is 11.6 Å². The number of aryl methyl sites for hydroxylation is 2. The van der Waals surface area contributed by atoms with Gasteiger partial charge >= 0.3 is 0 Å². The normalized spacial score (nSPS) is 16.3. The van der Waals surface area contributed by atoms with Crippen molar-refractivity contribution in [3.8, 4) is 10.6 Å². The van der Waals surface area contributed by atoms with Gasteiger partial charge in [-0.1, -0.05) is 48.0 Å². The molecule has 2 heterocycles. The topological polar surface area (TPSA) is 62.3 Å². The van der Waals surface area contributed by atoms with Crippen molar-refractivity contribution in [2.24, 2.45) is 5.92 Å². The van der Waals surface area contributed by atoms with Crippen molar-refractivity contribution in [1.29, 1.82) is 0 Å². The van der Waals surface area contributed by atoms with Crippen LogP contribution in [0.2, 0.25) is 0 Å². The lowest BCUT2D eigenvalue weighted by Crippen LogP contribution is -2.43. The molecular weight excluding hydrogens is 394 g/mol. The second kappa shape index (κ2) is 8.79. The van der Waals surface area contributed by atoms with Gasteiger partial charge < -0.3 is 10.2 Å². The number of amides is 2. The number of thiazole rings is 1. The monoisotopic (exact) mass is 419 g/mol. The average molecular weight is 420 g/mol. The first-order valence-electron chi connectivity index (χ1n) is 10.2. The Morgan fingerprint density at radius 3 is 2.53 bits per heavy atom. The van der Waals surface area contributed by atoms with Crippen molar-refractivity contribution in [2.45, 2.75) is 26.7 Å². The molecule has 6 heteroatoms. The molecule has 0 saturated carbocycles. The van der Waals surface area contributed by atoms with Crippen LogP contribution in [0.3, 0.4) is 0 Å². The number of hydrogen-bond acceptors (Lipinski definition) is 4. The molecule has 30 heavy (non-hydrogen) atoms. The average Bonchev–Trinajstić information content (AvgIpc) is 3.17. The Bertz CT molecular complexity index is 1040. The molecule has 154 valence electrons. The first-order chi connectivity index (χ1) is 14.5. The lowest BCUT2D eigenvalue weighted by Gasteiger charge is -2.31. The molecule has 0 bridgehead atoms. The van der Waals surface area contributed by atoms with Gasteiger partial charge in [0, 0.05) is 24.3 Å². The summed E-state index contributed by atoms with van der Waals surface area (Å²) in [6.45, 7) is 5.00. The molecule has 2 amide bonds. The molecule has 5 nitrogen and oxygen atoms in total. The molecular formula is C24H25N3O2S. The van der Waals surface area contributed by atoms with E-state index in [0.717, 1.165) is 40.4 Å². The fourth-order valence-corrected chi connectivity index (χ4v) is 4.74. The highest BCUT2D eigenvalue weighted by Gasteiger charge is 2.30. The summed E-state index contributed by atoms with van der Waals surface area (Å²) < 4.78 is 0. The van der Waals surface area contributed by atoms with Crippen LogP contribution in [0.5, 0.6) is 0 Å². The molecule has 1 fully saturated rings. The van der Waals surface area contributed by atoms with Crippen molar-refractivity contribution in [3.05, 3.63) is 70.7 Å². The number of carbonyl (C=O) groups is 2. The molecule has 1 saturated heterocycles. The summed E-state index contributed by atoms with van der Waals surface area (Å²) in [5, 5.41) is 3.84. The minimum absolute atomic E-state index is 0.0256. The third-order valence-corrected chi connectivity index (χ3v) is 6.60. The van der Waals surface area contributed by atoms with Gasteiger partial charge in [0.2, 0.25) is 5.91 Å². The summed E-state index contributed by atoms with van der Waals surface area (Å²) in [5.74, 6) is -0.256. The first-order valence-corrected chi connectivity index (χ1v) is 11.0. The molecule has 1 aliphatic rings. The largest absolute Gasteiger partial charge is 0.337 e. The number of nitrogens with one attached hydrogen (secondary N) is 1. The van der Waals surface area contributed by atoms with E-state index in [1.807, 2.05) is 68.4 Å². The molecule has 1 aliphatic heterocycles. The van der Waals surface area contributed by atoms with Crippen LogP contribution < -0.4 is 5.32 Å². The lowest BCUT2D eigenvalue weighted by atomic mass is 9.96. The summed E-state index contributed by atoms with van der Waals surface area (Å²) in [4.78, 5) is 33.0. The summed E-state index contributed by atoms with van der Waals surface area (Å²) in [6, 6.07) is 17.7. The fourth-order valence-electron chi connectivity index (χ4n) is 3.70. The Balaban J connectivity index is 1.45. The van der Waals surface area contributed by atoms with Gasteiger partial charge in [0.15, 0.2) is 0 Å². The van der Waals surface area contributed by atoms with Crippen molar-refractivity contribution in [1.82, 2.24) is 9.88 Å². The minimum atomic E-state index is -0.203. The highest BCUT2D eigenvalue weighted by Crippen LogP contribution is 2.30. The van der Waals surface area contributed by atoms with Gasteiger partial charge in [-0.2, -0.15) is 0 Å². The maximum atomic E-state index is 13.2. The van der Waals surface area contributed by atoms with Gasteiger partial charge in [-0.25, -0.2) is 4.98 Å². The van der Waals surface area contributed by atoms with Gasteiger partial charge in [-0.05, 0) is 38.8 Å². The second-order valence-corrected chi connectivity index (χ2v) is 8.74. The molecule has 1 aromatic heterocycles. The van der Waals surface area contributed by atoms with Crippen LogP contribution in [0.1, 0.15) is 33.8 Å². The summed E-state index contributed by atoms with van der Waals surface area (Å²) in [5.41, 5.74) is 3.70. The molecule has 0 aliphatic carbocycles. The van der Waals surface area contributed by atoms with Crippen LogP contribution in [0.4, 0.5) is 5.69 Å². The molecule has 1 unspecified atom stereocenters.